The SMILES string of the molecule is CN(C)CCCCNC(=O)c1ccc(Br)o1. The highest BCUT2D eigenvalue weighted by Gasteiger charge is 2.08. The van der Waals surface area contributed by atoms with E-state index in [2.05, 4.69) is 26.1 Å². The minimum Gasteiger partial charge on any atom is -0.444 e. The summed E-state index contributed by atoms with van der Waals surface area (Å²) in [6.07, 6.45) is 2.06. The van der Waals surface area contributed by atoms with Gasteiger partial charge in [0.2, 0.25) is 0 Å². The Labute approximate surface area is 104 Å². The molecule has 1 N–H and O–H groups in total. The number of carbonyl (C=O) groups is 1. The van der Waals surface area contributed by atoms with Gasteiger partial charge in [0.25, 0.3) is 5.91 Å². The monoisotopic (exact) mass is 288 g/mol. The molecule has 0 radical (unpaired) electrons. The number of unbranched alkanes of at least 4 members (excludes halogenated alkanes) is 1. The Hall–Kier alpha value is -0.810. The number of amides is 1. The van der Waals surface area contributed by atoms with Gasteiger partial charge in [0, 0.05) is 6.54 Å². The molecule has 1 amide bonds. The van der Waals surface area contributed by atoms with E-state index in [-0.39, 0.29) is 5.91 Å². The average molecular weight is 289 g/mol. The highest BCUT2D eigenvalue weighted by atomic mass is 79.9. The van der Waals surface area contributed by atoms with E-state index in [4.69, 9.17) is 4.42 Å². The Kier molecular flexibility index (Phi) is 5.55. The summed E-state index contributed by atoms with van der Waals surface area (Å²) < 4.78 is 5.71. The van der Waals surface area contributed by atoms with Crippen LogP contribution in [-0.2, 0) is 0 Å². The third-order valence-electron chi connectivity index (χ3n) is 2.11. The number of hydrogen-bond acceptors (Lipinski definition) is 3. The van der Waals surface area contributed by atoms with E-state index in [0.717, 1.165) is 19.4 Å². The molecule has 0 fully saturated rings. The first-order valence-corrected chi connectivity index (χ1v) is 6.07. The van der Waals surface area contributed by atoms with Crippen LogP contribution in [0, 0.1) is 0 Å². The molecule has 1 aromatic rings. The fourth-order valence-corrected chi connectivity index (χ4v) is 1.58. The van der Waals surface area contributed by atoms with Crippen molar-refractivity contribution < 1.29 is 9.21 Å². The van der Waals surface area contributed by atoms with E-state index in [0.29, 0.717) is 17.0 Å². The molecule has 16 heavy (non-hydrogen) atoms. The van der Waals surface area contributed by atoms with Crippen molar-refractivity contribution in [3.05, 3.63) is 22.6 Å². The quantitative estimate of drug-likeness (QED) is 0.816. The zero-order valence-electron chi connectivity index (χ0n) is 9.62. The molecule has 1 heterocycles. The van der Waals surface area contributed by atoms with Gasteiger partial charge in [-0.1, -0.05) is 0 Å². The number of hydrogen-bond donors (Lipinski definition) is 1. The first-order valence-electron chi connectivity index (χ1n) is 5.28. The van der Waals surface area contributed by atoms with Crippen molar-refractivity contribution in [1.82, 2.24) is 10.2 Å². The van der Waals surface area contributed by atoms with Gasteiger partial charge < -0.3 is 14.6 Å². The summed E-state index contributed by atoms with van der Waals surface area (Å²) in [4.78, 5) is 13.6. The van der Waals surface area contributed by atoms with E-state index in [1.54, 1.807) is 12.1 Å². The fraction of sp³-hybridized carbons (Fsp3) is 0.545. The number of halogens is 1. The summed E-state index contributed by atoms with van der Waals surface area (Å²) >= 11 is 3.16. The summed E-state index contributed by atoms with van der Waals surface area (Å²) in [7, 11) is 4.08. The van der Waals surface area contributed by atoms with Crippen molar-refractivity contribution in [3.8, 4) is 0 Å². The molecule has 0 saturated carbocycles. The van der Waals surface area contributed by atoms with Gasteiger partial charge in [0.05, 0.1) is 0 Å². The van der Waals surface area contributed by atoms with Gasteiger partial charge in [-0.05, 0) is 61.5 Å². The molecular weight excluding hydrogens is 272 g/mol. The maximum absolute atomic E-state index is 11.5. The van der Waals surface area contributed by atoms with Crippen LogP contribution in [0.15, 0.2) is 21.2 Å². The van der Waals surface area contributed by atoms with Gasteiger partial charge in [-0.3, -0.25) is 4.79 Å². The largest absolute Gasteiger partial charge is 0.444 e. The predicted octanol–water partition coefficient (Wildman–Crippen LogP) is 2.11. The Balaban J connectivity index is 2.16. The molecule has 5 heteroatoms. The minimum absolute atomic E-state index is 0.157. The van der Waals surface area contributed by atoms with E-state index in [1.807, 2.05) is 14.1 Å². The average Bonchev–Trinajstić information content (AvgIpc) is 2.63. The molecule has 1 rings (SSSR count). The molecule has 0 bridgehead atoms. The normalized spacial score (nSPS) is 10.8. The lowest BCUT2D eigenvalue weighted by molar-refractivity contribution is 0.0924. The lowest BCUT2D eigenvalue weighted by atomic mass is 10.3. The van der Waals surface area contributed by atoms with Crippen LogP contribution in [0.1, 0.15) is 23.4 Å². The minimum atomic E-state index is -0.157. The van der Waals surface area contributed by atoms with Crippen molar-refractivity contribution in [3.63, 3.8) is 0 Å². The zero-order chi connectivity index (χ0) is 12.0. The van der Waals surface area contributed by atoms with Crippen molar-refractivity contribution >= 4 is 21.8 Å². The molecule has 0 saturated heterocycles. The predicted molar refractivity (Wildman–Crippen MR) is 66.5 cm³/mol. The Morgan fingerprint density at radius 2 is 2.19 bits per heavy atom. The summed E-state index contributed by atoms with van der Waals surface area (Å²) in [6, 6.07) is 3.36. The van der Waals surface area contributed by atoms with Gasteiger partial charge in [-0.15, -0.1) is 0 Å². The molecule has 0 aliphatic heterocycles. The van der Waals surface area contributed by atoms with Crippen molar-refractivity contribution in [2.24, 2.45) is 0 Å². The second-order valence-electron chi connectivity index (χ2n) is 3.87. The van der Waals surface area contributed by atoms with E-state index >= 15 is 0 Å². The molecule has 1 aromatic heterocycles. The molecule has 4 nitrogen and oxygen atoms in total. The highest BCUT2D eigenvalue weighted by Crippen LogP contribution is 2.13. The van der Waals surface area contributed by atoms with Crippen LogP contribution in [0.4, 0.5) is 0 Å². The van der Waals surface area contributed by atoms with Crippen LogP contribution >= 0.6 is 15.9 Å². The Morgan fingerprint density at radius 3 is 2.75 bits per heavy atom. The maximum atomic E-state index is 11.5. The van der Waals surface area contributed by atoms with Gasteiger partial charge in [-0.2, -0.15) is 0 Å². The number of nitrogens with one attached hydrogen (secondary N) is 1. The Morgan fingerprint density at radius 1 is 1.44 bits per heavy atom. The van der Waals surface area contributed by atoms with Gasteiger partial charge in [0.1, 0.15) is 0 Å². The van der Waals surface area contributed by atoms with E-state index in [9.17, 15) is 4.79 Å². The standard InChI is InChI=1S/C11H17BrN2O2/c1-14(2)8-4-3-7-13-11(15)9-5-6-10(12)16-9/h5-6H,3-4,7-8H2,1-2H3,(H,13,15). The summed E-state index contributed by atoms with van der Waals surface area (Å²) in [6.45, 7) is 1.73. The fourth-order valence-electron chi connectivity index (χ4n) is 1.28. The summed E-state index contributed by atoms with van der Waals surface area (Å²) in [5.74, 6) is 0.190. The maximum Gasteiger partial charge on any atom is 0.287 e. The molecule has 0 atom stereocenters. The van der Waals surface area contributed by atoms with Crippen LogP contribution in [0.3, 0.4) is 0 Å². The van der Waals surface area contributed by atoms with Crippen molar-refractivity contribution in [2.45, 2.75) is 12.8 Å². The third kappa shape index (κ3) is 4.81. The van der Waals surface area contributed by atoms with Crippen LogP contribution in [0.2, 0.25) is 0 Å². The smallest absolute Gasteiger partial charge is 0.287 e. The molecular formula is C11H17BrN2O2. The summed E-state index contributed by atoms with van der Waals surface area (Å²) in [5, 5.41) is 2.81. The lowest BCUT2D eigenvalue weighted by Crippen LogP contribution is -2.24. The molecule has 0 aliphatic carbocycles. The highest BCUT2D eigenvalue weighted by molar-refractivity contribution is 9.10. The van der Waals surface area contributed by atoms with E-state index in [1.165, 1.54) is 0 Å². The second kappa shape index (κ2) is 6.70. The number of nitrogens with zero attached hydrogens (tertiary/aromatic N) is 1. The third-order valence-corrected chi connectivity index (χ3v) is 2.54. The molecule has 90 valence electrons. The molecule has 0 aromatic carbocycles. The molecule has 0 aliphatic rings. The van der Waals surface area contributed by atoms with Crippen LogP contribution in [-0.4, -0.2) is 38.0 Å². The van der Waals surface area contributed by atoms with Crippen molar-refractivity contribution in [2.75, 3.05) is 27.2 Å². The van der Waals surface area contributed by atoms with E-state index < -0.39 is 0 Å². The zero-order valence-corrected chi connectivity index (χ0v) is 11.2. The topological polar surface area (TPSA) is 45.5 Å². The molecule has 0 unspecified atom stereocenters. The number of rotatable bonds is 6. The number of carbonyl (C=O) groups excluding carboxylic acids is 1. The second-order valence-corrected chi connectivity index (χ2v) is 4.65. The summed E-state index contributed by atoms with van der Waals surface area (Å²) in [5.41, 5.74) is 0. The first-order chi connectivity index (χ1) is 7.59. The van der Waals surface area contributed by atoms with Crippen molar-refractivity contribution in [1.29, 1.82) is 0 Å². The van der Waals surface area contributed by atoms with Crippen LogP contribution < -0.4 is 5.32 Å². The lowest BCUT2D eigenvalue weighted by Gasteiger charge is -2.08. The Bertz CT molecular complexity index is 336. The van der Waals surface area contributed by atoms with Crippen LogP contribution in [0.25, 0.3) is 0 Å². The van der Waals surface area contributed by atoms with Crippen LogP contribution in [0.5, 0.6) is 0 Å². The van der Waals surface area contributed by atoms with Gasteiger partial charge in [-0.25, -0.2) is 0 Å². The first kappa shape index (κ1) is 13.3. The number of furan rings is 1. The van der Waals surface area contributed by atoms with Gasteiger partial charge in [0.15, 0.2) is 10.4 Å². The molecule has 0 spiro atoms. The van der Waals surface area contributed by atoms with Gasteiger partial charge >= 0.3 is 0 Å².